The Balaban J connectivity index is 2.11. The fourth-order valence-corrected chi connectivity index (χ4v) is 2.46. The van der Waals surface area contributed by atoms with Crippen molar-refractivity contribution in [3.05, 3.63) is 48.2 Å². The van der Waals surface area contributed by atoms with Gasteiger partial charge in [0.05, 0.1) is 5.52 Å². The first-order valence-electron chi connectivity index (χ1n) is 6.13. The number of allylic oxidation sites excluding steroid dienone is 1. The highest BCUT2D eigenvalue weighted by Crippen LogP contribution is 2.30. The molecule has 1 aliphatic carbocycles. The molecule has 0 fully saturated rings. The van der Waals surface area contributed by atoms with Gasteiger partial charge in [0.2, 0.25) is 0 Å². The summed E-state index contributed by atoms with van der Waals surface area (Å²) < 4.78 is 0. The predicted octanol–water partition coefficient (Wildman–Crippen LogP) is 3.13. The molecule has 0 bridgehead atoms. The van der Waals surface area contributed by atoms with E-state index in [1.165, 1.54) is 16.5 Å². The number of nitrogens with zero attached hydrogens (tertiary/aromatic N) is 1. The molecule has 2 aromatic rings. The normalized spacial score (nSPS) is 20.3. The molecule has 1 heterocycles. The van der Waals surface area contributed by atoms with Gasteiger partial charge in [-0.2, -0.15) is 0 Å². The first-order chi connectivity index (χ1) is 8.34. The lowest BCUT2D eigenvalue weighted by atomic mass is 9.90. The van der Waals surface area contributed by atoms with Crippen LogP contribution in [0, 0.1) is 0 Å². The molecule has 1 aromatic carbocycles. The minimum absolute atomic E-state index is 0.335. The number of hydrogen-bond acceptors (Lipinski definition) is 2. The zero-order chi connectivity index (χ0) is 11.7. The second kappa shape index (κ2) is 4.30. The minimum Gasteiger partial charge on any atom is -0.327 e. The van der Waals surface area contributed by atoms with Gasteiger partial charge in [0, 0.05) is 23.2 Å². The van der Waals surface area contributed by atoms with E-state index in [1.54, 1.807) is 0 Å². The maximum Gasteiger partial charge on any atom is 0.0776 e. The molecule has 0 spiro atoms. The van der Waals surface area contributed by atoms with Crippen LogP contribution in [0.25, 0.3) is 16.5 Å². The van der Waals surface area contributed by atoms with Gasteiger partial charge in [-0.15, -0.1) is 0 Å². The van der Waals surface area contributed by atoms with E-state index in [4.69, 9.17) is 5.73 Å². The zero-order valence-corrected chi connectivity index (χ0v) is 9.76. The number of rotatable bonds is 1. The molecule has 1 aromatic heterocycles. The number of aromatic nitrogens is 1. The summed E-state index contributed by atoms with van der Waals surface area (Å²) >= 11 is 0. The van der Waals surface area contributed by atoms with E-state index in [0.717, 1.165) is 24.8 Å². The van der Waals surface area contributed by atoms with E-state index in [1.807, 2.05) is 12.3 Å². The van der Waals surface area contributed by atoms with Crippen molar-refractivity contribution in [1.29, 1.82) is 0 Å². The Kier molecular flexibility index (Phi) is 2.65. The maximum absolute atomic E-state index is 5.93. The molecular formula is C15H16N2. The summed E-state index contributed by atoms with van der Waals surface area (Å²) in [6.45, 7) is 0. The van der Waals surface area contributed by atoms with Gasteiger partial charge in [0.15, 0.2) is 0 Å². The Morgan fingerprint density at radius 1 is 1.18 bits per heavy atom. The molecule has 0 radical (unpaired) electrons. The molecule has 3 rings (SSSR count). The third kappa shape index (κ3) is 1.96. The van der Waals surface area contributed by atoms with Crippen molar-refractivity contribution < 1.29 is 0 Å². The van der Waals surface area contributed by atoms with E-state index in [9.17, 15) is 0 Å². The van der Waals surface area contributed by atoms with E-state index in [0.29, 0.717) is 6.04 Å². The summed E-state index contributed by atoms with van der Waals surface area (Å²) in [5, 5.41) is 1.21. The Labute approximate surface area is 101 Å². The number of nitrogens with two attached hydrogens (primary N) is 1. The van der Waals surface area contributed by atoms with E-state index >= 15 is 0 Å². The molecule has 0 saturated heterocycles. The quantitative estimate of drug-likeness (QED) is 0.808. The molecule has 2 nitrogen and oxygen atoms in total. The standard InChI is InChI=1S/C15H16N2/c16-13-8-6-11(7-9-13)14-5-1-3-12-4-2-10-17-15(12)14/h1-6,10,13H,7-9,16H2. The van der Waals surface area contributed by atoms with Crippen LogP contribution in [-0.2, 0) is 0 Å². The number of hydrogen-bond donors (Lipinski definition) is 1. The van der Waals surface area contributed by atoms with Crippen molar-refractivity contribution in [2.24, 2.45) is 5.73 Å². The van der Waals surface area contributed by atoms with Crippen molar-refractivity contribution in [3.63, 3.8) is 0 Å². The Hall–Kier alpha value is -1.67. The summed E-state index contributed by atoms with van der Waals surface area (Å²) in [5.41, 5.74) is 9.71. The summed E-state index contributed by atoms with van der Waals surface area (Å²) in [6.07, 6.45) is 7.27. The number of fused-ring (bicyclic) bond motifs is 1. The zero-order valence-electron chi connectivity index (χ0n) is 9.76. The molecule has 17 heavy (non-hydrogen) atoms. The molecule has 1 atom stereocenters. The fourth-order valence-electron chi connectivity index (χ4n) is 2.46. The van der Waals surface area contributed by atoms with Crippen molar-refractivity contribution in [2.45, 2.75) is 25.3 Å². The number of para-hydroxylation sites is 1. The average Bonchev–Trinajstić information content (AvgIpc) is 2.39. The molecule has 0 saturated carbocycles. The highest BCUT2D eigenvalue weighted by atomic mass is 14.7. The topological polar surface area (TPSA) is 38.9 Å². The molecule has 2 heteroatoms. The van der Waals surface area contributed by atoms with Gasteiger partial charge in [-0.25, -0.2) is 0 Å². The summed E-state index contributed by atoms with van der Waals surface area (Å²) in [7, 11) is 0. The second-order valence-electron chi connectivity index (χ2n) is 4.64. The monoisotopic (exact) mass is 224 g/mol. The Morgan fingerprint density at radius 3 is 2.88 bits per heavy atom. The molecule has 86 valence electrons. The van der Waals surface area contributed by atoms with Crippen molar-refractivity contribution >= 4 is 16.5 Å². The third-order valence-corrected chi connectivity index (χ3v) is 3.43. The Bertz CT molecular complexity index is 567. The molecule has 0 amide bonds. The van der Waals surface area contributed by atoms with Crippen molar-refractivity contribution in [3.8, 4) is 0 Å². The van der Waals surface area contributed by atoms with Crippen LogP contribution in [0.2, 0.25) is 0 Å². The Morgan fingerprint density at radius 2 is 2.06 bits per heavy atom. The van der Waals surface area contributed by atoms with E-state index in [-0.39, 0.29) is 0 Å². The summed E-state index contributed by atoms with van der Waals surface area (Å²) in [4.78, 5) is 4.50. The molecule has 0 aliphatic heterocycles. The van der Waals surface area contributed by atoms with Crippen molar-refractivity contribution in [1.82, 2.24) is 4.98 Å². The van der Waals surface area contributed by atoms with Crippen LogP contribution in [0.1, 0.15) is 24.8 Å². The lowest BCUT2D eigenvalue weighted by Crippen LogP contribution is -2.21. The fraction of sp³-hybridized carbons (Fsp3) is 0.267. The van der Waals surface area contributed by atoms with Gasteiger partial charge >= 0.3 is 0 Å². The van der Waals surface area contributed by atoms with E-state index in [2.05, 4.69) is 35.3 Å². The lowest BCUT2D eigenvalue weighted by molar-refractivity contribution is 0.615. The minimum atomic E-state index is 0.335. The predicted molar refractivity (Wildman–Crippen MR) is 71.5 cm³/mol. The molecule has 1 unspecified atom stereocenters. The highest BCUT2D eigenvalue weighted by molar-refractivity contribution is 5.90. The van der Waals surface area contributed by atoms with Gasteiger partial charge < -0.3 is 5.73 Å². The smallest absolute Gasteiger partial charge is 0.0776 e. The van der Waals surface area contributed by atoms with Crippen molar-refractivity contribution in [2.75, 3.05) is 0 Å². The maximum atomic E-state index is 5.93. The third-order valence-electron chi connectivity index (χ3n) is 3.43. The average molecular weight is 224 g/mol. The van der Waals surface area contributed by atoms with Crippen LogP contribution < -0.4 is 5.73 Å². The molecular weight excluding hydrogens is 208 g/mol. The van der Waals surface area contributed by atoms with Crippen LogP contribution in [0.3, 0.4) is 0 Å². The first kappa shape index (κ1) is 10.5. The van der Waals surface area contributed by atoms with Gasteiger partial charge in [-0.05, 0) is 30.9 Å². The number of benzene rings is 1. The van der Waals surface area contributed by atoms with E-state index < -0.39 is 0 Å². The van der Waals surface area contributed by atoms with Crippen LogP contribution in [-0.4, -0.2) is 11.0 Å². The van der Waals surface area contributed by atoms with Crippen LogP contribution in [0.5, 0.6) is 0 Å². The van der Waals surface area contributed by atoms with Crippen LogP contribution in [0.4, 0.5) is 0 Å². The first-order valence-corrected chi connectivity index (χ1v) is 6.13. The second-order valence-corrected chi connectivity index (χ2v) is 4.64. The van der Waals surface area contributed by atoms with Gasteiger partial charge in [-0.3, -0.25) is 4.98 Å². The molecule has 1 aliphatic rings. The van der Waals surface area contributed by atoms with Gasteiger partial charge in [-0.1, -0.05) is 30.3 Å². The highest BCUT2D eigenvalue weighted by Gasteiger charge is 2.13. The summed E-state index contributed by atoms with van der Waals surface area (Å²) in [6, 6.07) is 10.8. The van der Waals surface area contributed by atoms with Gasteiger partial charge in [0.25, 0.3) is 0 Å². The SMILES string of the molecule is NC1CC=C(c2cccc3cccnc23)CC1. The van der Waals surface area contributed by atoms with Gasteiger partial charge in [0.1, 0.15) is 0 Å². The molecule has 2 N–H and O–H groups in total. The number of pyridine rings is 1. The van der Waals surface area contributed by atoms with Crippen LogP contribution in [0.15, 0.2) is 42.6 Å². The lowest BCUT2D eigenvalue weighted by Gasteiger charge is -2.19. The van der Waals surface area contributed by atoms with Crippen LogP contribution >= 0.6 is 0 Å². The summed E-state index contributed by atoms with van der Waals surface area (Å²) in [5.74, 6) is 0. The largest absolute Gasteiger partial charge is 0.327 e.